The average Bonchev–Trinajstić information content (AvgIpc) is 3.16. The van der Waals surface area contributed by atoms with Crippen LogP contribution in [0.15, 0.2) is 46.8 Å². The number of nitrogens with zero attached hydrogens (tertiary/aromatic N) is 5. The number of carboxylic acids is 1. The van der Waals surface area contributed by atoms with Crippen LogP contribution in [-0.2, 0) is 21.4 Å². The number of aryl methyl sites for hydroxylation is 1. The lowest BCUT2D eigenvalue weighted by Gasteiger charge is -2.46. The summed E-state index contributed by atoms with van der Waals surface area (Å²) in [5.41, 5.74) is 7.04. The number of nitrogens with one attached hydrogen (secondary N) is 1. The first kappa shape index (κ1) is 21.3. The molecule has 2 aliphatic rings. The standard InChI is InChI=1S/C18H19N7O4S2/c1-24-18(21-22-23-24)30-8-10-14(17(28)29)25-11(26)7-12(25)31-16(10)20-15(27)13(19)9-5-3-2-4-6-9/h2-6,12-13,16H,7-8,19H2,1H3,(H,20,27)(H,28,29)/t12-,13-,16?/m1/s1. The SMILES string of the molecule is Cn1nnnc1SCC1=C(C(=O)O)N2C(=O)C[C@H]2SC1NC(=O)[C@H](N)c1ccccc1. The fourth-order valence-electron chi connectivity index (χ4n) is 3.31. The molecule has 2 amide bonds. The molecule has 0 spiro atoms. The van der Waals surface area contributed by atoms with Gasteiger partial charge in [0.25, 0.3) is 0 Å². The molecule has 4 N–H and O–H groups in total. The number of hydrogen-bond donors (Lipinski definition) is 3. The van der Waals surface area contributed by atoms with Crippen molar-refractivity contribution in [2.75, 3.05) is 5.75 Å². The molecule has 2 aromatic rings. The summed E-state index contributed by atoms with van der Waals surface area (Å²) in [4.78, 5) is 38.3. The minimum Gasteiger partial charge on any atom is -0.477 e. The van der Waals surface area contributed by atoms with E-state index in [1.807, 2.05) is 6.07 Å². The van der Waals surface area contributed by atoms with Crippen LogP contribution in [0.2, 0.25) is 0 Å². The van der Waals surface area contributed by atoms with E-state index in [0.29, 0.717) is 16.3 Å². The first-order chi connectivity index (χ1) is 14.9. The van der Waals surface area contributed by atoms with Gasteiger partial charge in [-0.15, -0.1) is 16.9 Å². The quantitative estimate of drug-likeness (QED) is 0.381. The predicted octanol–water partition coefficient (Wildman–Crippen LogP) is 0.0884. The zero-order chi connectivity index (χ0) is 22.1. The second-order valence-corrected chi connectivity index (χ2v) is 9.12. The molecule has 1 aromatic heterocycles. The smallest absolute Gasteiger partial charge is 0.352 e. The van der Waals surface area contributed by atoms with Crippen LogP contribution in [0.3, 0.4) is 0 Å². The lowest BCUT2D eigenvalue weighted by atomic mass is 10.1. The molecule has 0 aliphatic carbocycles. The summed E-state index contributed by atoms with van der Waals surface area (Å²) >= 11 is 2.54. The summed E-state index contributed by atoms with van der Waals surface area (Å²) in [6.45, 7) is 0. The highest BCUT2D eigenvalue weighted by molar-refractivity contribution is 8.01. The third-order valence-corrected chi connectivity index (χ3v) is 7.34. The summed E-state index contributed by atoms with van der Waals surface area (Å²) in [6.07, 6.45) is 0.214. The van der Waals surface area contributed by atoms with Crippen LogP contribution in [0.5, 0.6) is 0 Å². The number of aromatic nitrogens is 4. The van der Waals surface area contributed by atoms with E-state index in [1.54, 1.807) is 31.3 Å². The molecule has 0 radical (unpaired) electrons. The molecular formula is C18H19N7O4S2. The van der Waals surface area contributed by atoms with Crippen molar-refractivity contribution in [1.82, 2.24) is 30.4 Å². The molecule has 31 heavy (non-hydrogen) atoms. The van der Waals surface area contributed by atoms with Gasteiger partial charge in [-0.2, -0.15) is 0 Å². The number of β-lactam (4-membered cyclic amide) rings is 1. The van der Waals surface area contributed by atoms with E-state index in [2.05, 4.69) is 20.8 Å². The molecular weight excluding hydrogens is 442 g/mol. The minimum absolute atomic E-state index is 0.110. The van der Waals surface area contributed by atoms with Gasteiger partial charge in [-0.25, -0.2) is 9.48 Å². The van der Waals surface area contributed by atoms with Gasteiger partial charge in [-0.3, -0.25) is 14.5 Å². The van der Waals surface area contributed by atoms with Crippen LogP contribution in [0.4, 0.5) is 0 Å². The van der Waals surface area contributed by atoms with Crippen LogP contribution in [0.1, 0.15) is 18.0 Å². The molecule has 3 heterocycles. The Labute approximate surface area is 185 Å². The van der Waals surface area contributed by atoms with Crippen LogP contribution in [0.25, 0.3) is 0 Å². The zero-order valence-corrected chi connectivity index (χ0v) is 18.0. The fraction of sp³-hybridized carbons (Fsp3) is 0.333. The van der Waals surface area contributed by atoms with E-state index >= 15 is 0 Å². The number of carbonyl (C=O) groups excluding carboxylic acids is 2. The Hall–Kier alpha value is -2.90. The second-order valence-electron chi connectivity index (χ2n) is 6.89. The van der Waals surface area contributed by atoms with Gasteiger partial charge in [0.15, 0.2) is 0 Å². The number of nitrogens with two attached hydrogens (primary N) is 1. The van der Waals surface area contributed by atoms with Gasteiger partial charge in [0.1, 0.15) is 17.1 Å². The number of aliphatic carboxylic acids is 1. The molecule has 13 heteroatoms. The van der Waals surface area contributed by atoms with Crippen molar-refractivity contribution in [2.45, 2.75) is 28.4 Å². The number of benzene rings is 1. The molecule has 1 aromatic carbocycles. The molecule has 1 fully saturated rings. The number of hydrogen-bond acceptors (Lipinski definition) is 9. The molecule has 11 nitrogen and oxygen atoms in total. The molecule has 0 saturated carbocycles. The Morgan fingerprint density at radius 3 is 2.74 bits per heavy atom. The Bertz CT molecular complexity index is 1060. The number of tetrazole rings is 1. The summed E-state index contributed by atoms with van der Waals surface area (Å²) < 4.78 is 1.46. The zero-order valence-electron chi connectivity index (χ0n) is 16.3. The molecule has 1 saturated heterocycles. The van der Waals surface area contributed by atoms with Gasteiger partial charge >= 0.3 is 5.97 Å². The molecule has 162 valence electrons. The van der Waals surface area contributed by atoms with Gasteiger partial charge < -0.3 is 16.2 Å². The maximum Gasteiger partial charge on any atom is 0.352 e. The highest BCUT2D eigenvalue weighted by atomic mass is 32.2. The first-order valence-electron chi connectivity index (χ1n) is 9.26. The maximum atomic E-state index is 12.8. The van der Waals surface area contributed by atoms with Crippen molar-refractivity contribution >= 4 is 41.3 Å². The van der Waals surface area contributed by atoms with Crippen molar-refractivity contribution in [3.8, 4) is 0 Å². The molecule has 2 aliphatic heterocycles. The number of amides is 2. The Morgan fingerprint density at radius 1 is 1.39 bits per heavy atom. The minimum atomic E-state index is -1.23. The Morgan fingerprint density at radius 2 is 2.13 bits per heavy atom. The number of carboxylic acid groups (broad SMARTS) is 1. The first-order valence-corrected chi connectivity index (χ1v) is 11.2. The topological polar surface area (TPSA) is 156 Å². The Kier molecular flexibility index (Phi) is 5.98. The van der Waals surface area contributed by atoms with Crippen LogP contribution in [-0.4, -0.2) is 64.5 Å². The summed E-state index contributed by atoms with van der Waals surface area (Å²) in [6, 6.07) is 7.99. The highest BCUT2D eigenvalue weighted by Crippen LogP contribution is 2.44. The average molecular weight is 462 g/mol. The van der Waals surface area contributed by atoms with Crippen molar-refractivity contribution in [2.24, 2.45) is 12.8 Å². The number of thioether (sulfide) groups is 2. The van der Waals surface area contributed by atoms with Crippen molar-refractivity contribution in [1.29, 1.82) is 0 Å². The third kappa shape index (κ3) is 4.16. The van der Waals surface area contributed by atoms with Gasteiger partial charge in [-0.1, -0.05) is 42.1 Å². The normalized spacial score (nSPS) is 21.4. The number of carbonyl (C=O) groups is 3. The van der Waals surface area contributed by atoms with E-state index in [0.717, 1.165) is 0 Å². The predicted molar refractivity (Wildman–Crippen MR) is 112 cm³/mol. The highest BCUT2D eigenvalue weighted by Gasteiger charge is 2.49. The number of fused-ring (bicyclic) bond motifs is 1. The molecule has 1 unspecified atom stereocenters. The van der Waals surface area contributed by atoms with Crippen LogP contribution >= 0.6 is 23.5 Å². The van der Waals surface area contributed by atoms with E-state index in [9.17, 15) is 19.5 Å². The maximum absolute atomic E-state index is 12.8. The van der Waals surface area contributed by atoms with Gasteiger partial charge in [0, 0.05) is 18.4 Å². The van der Waals surface area contributed by atoms with Gasteiger partial charge in [-0.05, 0) is 16.0 Å². The van der Waals surface area contributed by atoms with Crippen molar-refractivity contribution in [3.05, 3.63) is 47.2 Å². The van der Waals surface area contributed by atoms with E-state index in [-0.39, 0.29) is 29.2 Å². The lowest BCUT2D eigenvalue weighted by molar-refractivity contribution is -0.146. The van der Waals surface area contributed by atoms with Crippen LogP contribution in [0, 0.1) is 0 Å². The van der Waals surface area contributed by atoms with Crippen LogP contribution < -0.4 is 11.1 Å². The third-order valence-electron chi connectivity index (χ3n) is 4.92. The number of rotatable bonds is 7. The van der Waals surface area contributed by atoms with Gasteiger partial charge in [0.05, 0.1) is 11.8 Å². The summed E-state index contributed by atoms with van der Waals surface area (Å²) in [5, 5.41) is 23.4. The monoisotopic (exact) mass is 461 g/mol. The Balaban J connectivity index is 1.61. The molecule has 3 atom stereocenters. The molecule has 4 rings (SSSR count). The summed E-state index contributed by atoms with van der Waals surface area (Å²) in [7, 11) is 1.66. The molecule has 0 bridgehead atoms. The van der Waals surface area contributed by atoms with Crippen molar-refractivity contribution < 1.29 is 19.5 Å². The second kappa shape index (κ2) is 8.69. The van der Waals surface area contributed by atoms with Crippen molar-refractivity contribution in [3.63, 3.8) is 0 Å². The van der Waals surface area contributed by atoms with E-state index < -0.39 is 23.3 Å². The largest absolute Gasteiger partial charge is 0.477 e. The van der Waals surface area contributed by atoms with E-state index in [1.165, 1.54) is 33.1 Å². The van der Waals surface area contributed by atoms with E-state index in [4.69, 9.17) is 5.73 Å². The lowest BCUT2D eigenvalue weighted by Crippen LogP contribution is -2.58. The summed E-state index contributed by atoms with van der Waals surface area (Å²) in [5.74, 6) is -1.75. The van der Waals surface area contributed by atoms with Gasteiger partial charge in [0.2, 0.25) is 17.0 Å². The fourth-order valence-corrected chi connectivity index (χ4v) is 5.76.